The van der Waals surface area contributed by atoms with Crippen molar-refractivity contribution in [2.75, 3.05) is 18.4 Å². The molecule has 1 aromatic rings. The number of hydrazone groups is 1. The zero-order valence-electron chi connectivity index (χ0n) is 15.5. The second kappa shape index (κ2) is 8.76. The summed E-state index contributed by atoms with van der Waals surface area (Å²) in [4.78, 5) is 26.3. The highest BCUT2D eigenvalue weighted by Crippen LogP contribution is 2.12. The number of nitrogens with zero attached hydrogens (tertiary/aromatic N) is 2. The second-order valence-electron chi connectivity index (χ2n) is 6.97. The lowest BCUT2D eigenvalue weighted by atomic mass is 10.1. The molecule has 2 N–H and O–H groups in total. The summed E-state index contributed by atoms with van der Waals surface area (Å²) in [6.07, 6.45) is 1.78. The van der Waals surface area contributed by atoms with Gasteiger partial charge in [0, 0.05) is 54.9 Å². The molecule has 0 spiro atoms. The lowest BCUT2D eigenvalue weighted by Gasteiger charge is -2.30. The lowest BCUT2D eigenvalue weighted by molar-refractivity contribution is -0.118. The van der Waals surface area contributed by atoms with Crippen LogP contribution in [-0.2, 0) is 4.79 Å². The van der Waals surface area contributed by atoms with Gasteiger partial charge in [0.25, 0.3) is 5.91 Å². The van der Waals surface area contributed by atoms with E-state index in [1.165, 1.54) is 0 Å². The first-order valence-electron chi connectivity index (χ1n) is 8.87. The Balaban J connectivity index is 1.87. The topological polar surface area (TPSA) is 73.8 Å². The fraction of sp³-hybridized carbons (Fsp3) is 0.526. The molecule has 25 heavy (non-hydrogen) atoms. The SMILES string of the molecule is CC(C)C(=O)Nc1ccc(C(=O)NN=C2CCN(C(C)C)CC2)cc1. The quantitative estimate of drug-likeness (QED) is 0.807. The molecule has 1 saturated heterocycles. The van der Waals surface area contributed by atoms with E-state index in [2.05, 4.69) is 34.6 Å². The van der Waals surface area contributed by atoms with Crippen LogP contribution >= 0.6 is 0 Å². The van der Waals surface area contributed by atoms with E-state index < -0.39 is 0 Å². The zero-order chi connectivity index (χ0) is 18.4. The minimum Gasteiger partial charge on any atom is -0.326 e. The average molecular weight is 344 g/mol. The summed E-state index contributed by atoms with van der Waals surface area (Å²) in [6, 6.07) is 7.37. The second-order valence-corrected chi connectivity index (χ2v) is 6.97. The van der Waals surface area contributed by atoms with Crippen LogP contribution in [0, 0.1) is 5.92 Å². The summed E-state index contributed by atoms with van der Waals surface area (Å²) in [6.45, 7) is 10.0. The van der Waals surface area contributed by atoms with E-state index in [-0.39, 0.29) is 17.7 Å². The molecule has 0 aliphatic carbocycles. The van der Waals surface area contributed by atoms with Crippen LogP contribution < -0.4 is 10.7 Å². The van der Waals surface area contributed by atoms with Gasteiger partial charge in [-0.05, 0) is 38.1 Å². The third kappa shape index (κ3) is 5.67. The van der Waals surface area contributed by atoms with Crippen LogP contribution in [0.5, 0.6) is 0 Å². The normalized spacial score (nSPS) is 15.4. The van der Waals surface area contributed by atoms with Gasteiger partial charge in [0.15, 0.2) is 0 Å². The Morgan fingerprint density at radius 1 is 1.04 bits per heavy atom. The van der Waals surface area contributed by atoms with Crippen molar-refractivity contribution >= 4 is 23.2 Å². The fourth-order valence-electron chi connectivity index (χ4n) is 2.60. The van der Waals surface area contributed by atoms with Crippen molar-refractivity contribution in [2.24, 2.45) is 11.0 Å². The minimum absolute atomic E-state index is 0.0451. The highest BCUT2D eigenvalue weighted by molar-refractivity contribution is 5.97. The van der Waals surface area contributed by atoms with E-state index in [4.69, 9.17) is 0 Å². The number of piperidine rings is 1. The summed E-state index contributed by atoms with van der Waals surface area (Å²) >= 11 is 0. The van der Waals surface area contributed by atoms with Crippen molar-refractivity contribution in [1.82, 2.24) is 10.3 Å². The Morgan fingerprint density at radius 3 is 2.16 bits per heavy atom. The number of nitrogens with one attached hydrogen (secondary N) is 2. The predicted octanol–water partition coefficient (Wildman–Crippen LogP) is 2.87. The molecule has 136 valence electrons. The van der Waals surface area contributed by atoms with Crippen LogP contribution in [-0.4, -0.2) is 41.6 Å². The number of benzene rings is 1. The fourth-order valence-corrected chi connectivity index (χ4v) is 2.60. The van der Waals surface area contributed by atoms with Crippen LogP contribution in [0.1, 0.15) is 50.9 Å². The van der Waals surface area contributed by atoms with Gasteiger partial charge in [0.2, 0.25) is 5.91 Å². The first-order chi connectivity index (χ1) is 11.9. The van der Waals surface area contributed by atoms with E-state index >= 15 is 0 Å². The van der Waals surface area contributed by atoms with Gasteiger partial charge in [0.1, 0.15) is 0 Å². The molecule has 0 atom stereocenters. The molecule has 2 rings (SSSR count). The Hall–Kier alpha value is -2.21. The van der Waals surface area contributed by atoms with Crippen molar-refractivity contribution in [2.45, 2.75) is 46.6 Å². The number of anilines is 1. The summed E-state index contributed by atoms with van der Waals surface area (Å²) < 4.78 is 0. The smallest absolute Gasteiger partial charge is 0.271 e. The number of rotatable bonds is 5. The molecule has 0 unspecified atom stereocenters. The van der Waals surface area contributed by atoms with Gasteiger partial charge in [-0.1, -0.05) is 13.8 Å². The van der Waals surface area contributed by atoms with E-state index in [1.807, 2.05) is 13.8 Å². The van der Waals surface area contributed by atoms with Crippen molar-refractivity contribution < 1.29 is 9.59 Å². The molecule has 0 radical (unpaired) electrons. The molecule has 0 bridgehead atoms. The Kier molecular flexibility index (Phi) is 6.70. The van der Waals surface area contributed by atoms with E-state index in [0.29, 0.717) is 17.3 Å². The van der Waals surface area contributed by atoms with Crippen molar-refractivity contribution in [1.29, 1.82) is 0 Å². The van der Waals surface area contributed by atoms with Crippen LogP contribution in [0.15, 0.2) is 29.4 Å². The maximum Gasteiger partial charge on any atom is 0.271 e. The van der Waals surface area contributed by atoms with Gasteiger partial charge in [-0.2, -0.15) is 5.10 Å². The molecule has 1 heterocycles. The summed E-state index contributed by atoms with van der Waals surface area (Å²) in [5.41, 5.74) is 4.87. The largest absolute Gasteiger partial charge is 0.326 e. The molecule has 1 aliphatic rings. The number of carbonyl (C=O) groups excluding carboxylic acids is 2. The van der Waals surface area contributed by atoms with E-state index in [1.54, 1.807) is 24.3 Å². The summed E-state index contributed by atoms with van der Waals surface area (Å²) in [5.74, 6) is -0.363. The van der Waals surface area contributed by atoms with Crippen LogP contribution in [0.4, 0.5) is 5.69 Å². The number of hydrogen-bond donors (Lipinski definition) is 2. The minimum atomic E-state index is -0.236. The first kappa shape index (κ1) is 19.1. The standard InChI is InChI=1S/C19H28N4O2/c1-13(2)18(24)20-16-7-5-15(6-8-16)19(25)22-21-17-9-11-23(12-10-17)14(3)4/h5-8,13-14H,9-12H2,1-4H3,(H,20,24)(H,22,25). The molecule has 6 heteroatoms. The Morgan fingerprint density at radius 2 is 1.64 bits per heavy atom. The van der Waals surface area contributed by atoms with Gasteiger partial charge in [-0.15, -0.1) is 0 Å². The maximum absolute atomic E-state index is 12.2. The van der Waals surface area contributed by atoms with Crippen molar-refractivity contribution in [3.8, 4) is 0 Å². The van der Waals surface area contributed by atoms with Crippen LogP contribution in [0.25, 0.3) is 0 Å². The molecule has 2 amide bonds. The Bertz CT molecular complexity index is 625. The van der Waals surface area contributed by atoms with Crippen LogP contribution in [0.3, 0.4) is 0 Å². The third-order valence-corrected chi connectivity index (χ3v) is 4.36. The summed E-state index contributed by atoms with van der Waals surface area (Å²) in [7, 11) is 0. The number of hydrogen-bond acceptors (Lipinski definition) is 4. The molecule has 1 fully saturated rings. The maximum atomic E-state index is 12.2. The molecule has 0 aromatic heterocycles. The number of likely N-dealkylation sites (tertiary alicyclic amines) is 1. The summed E-state index contributed by atoms with van der Waals surface area (Å²) in [5, 5.41) is 7.07. The van der Waals surface area contributed by atoms with Crippen molar-refractivity contribution in [3.05, 3.63) is 29.8 Å². The molecular weight excluding hydrogens is 316 g/mol. The molecule has 6 nitrogen and oxygen atoms in total. The molecule has 1 aromatic carbocycles. The number of carbonyl (C=O) groups is 2. The van der Waals surface area contributed by atoms with Crippen LogP contribution in [0.2, 0.25) is 0 Å². The molecular formula is C19H28N4O2. The van der Waals surface area contributed by atoms with Gasteiger partial charge < -0.3 is 10.2 Å². The molecule has 1 aliphatic heterocycles. The monoisotopic (exact) mass is 344 g/mol. The molecule has 0 saturated carbocycles. The lowest BCUT2D eigenvalue weighted by Crippen LogP contribution is -2.39. The van der Waals surface area contributed by atoms with Gasteiger partial charge in [-0.3, -0.25) is 9.59 Å². The van der Waals surface area contributed by atoms with E-state index in [0.717, 1.165) is 31.6 Å². The Labute approximate surface area is 149 Å². The number of amides is 2. The van der Waals surface area contributed by atoms with Gasteiger partial charge in [0.05, 0.1) is 0 Å². The van der Waals surface area contributed by atoms with E-state index in [9.17, 15) is 9.59 Å². The highest BCUT2D eigenvalue weighted by atomic mass is 16.2. The average Bonchev–Trinajstić information content (AvgIpc) is 2.60. The first-order valence-corrected chi connectivity index (χ1v) is 8.87. The van der Waals surface area contributed by atoms with Gasteiger partial charge >= 0.3 is 0 Å². The zero-order valence-corrected chi connectivity index (χ0v) is 15.5. The van der Waals surface area contributed by atoms with Crippen molar-refractivity contribution in [3.63, 3.8) is 0 Å². The van der Waals surface area contributed by atoms with Gasteiger partial charge in [-0.25, -0.2) is 5.43 Å². The third-order valence-electron chi connectivity index (χ3n) is 4.36. The highest BCUT2D eigenvalue weighted by Gasteiger charge is 2.17. The predicted molar refractivity (Wildman–Crippen MR) is 101 cm³/mol.